The first kappa shape index (κ1) is 28.7. The first-order valence-electron chi connectivity index (χ1n) is 12.8. The molecule has 1 saturated carbocycles. The Balaban J connectivity index is 1.61. The molecular formula is C26H36O12. The van der Waals surface area contributed by atoms with Gasteiger partial charge in [-0.15, -0.1) is 0 Å². The van der Waals surface area contributed by atoms with Crippen molar-refractivity contribution in [2.24, 2.45) is 23.7 Å². The molecule has 0 radical (unpaired) electrons. The average molecular weight is 541 g/mol. The number of cyclic esters (lactones) is 1. The fourth-order valence-electron chi connectivity index (χ4n) is 5.65. The number of rotatable bonds is 5. The second-order valence-electron chi connectivity index (χ2n) is 10.3. The maximum atomic E-state index is 13.3. The molecule has 12 nitrogen and oxygen atoms in total. The molecule has 2 bridgehead atoms. The van der Waals surface area contributed by atoms with Gasteiger partial charge in [-0.25, -0.2) is 9.59 Å². The molecule has 11 atom stereocenters. The predicted octanol–water partition coefficient (Wildman–Crippen LogP) is -0.715. The molecule has 38 heavy (non-hydrogen) atoms. The zero-order valence-corrected chi connectivity index (χ0v) is 21.5. The molecule has 1 saturated heterocycles. The number of carbonyl (C=O) groups is 2. The van der Waals surface area contributed by atoms with Gasteiger partial charge in [0.25, 0.3) is 0 Å². The Hall–Kier alpha value is -2.32. The third-order valence-electron chi connectivity index (χ3n) is 8.08. The summed E-state index contributed by atoms with van der Waals surface area (Å²) in [5.41, 5.74) is 0.333. The van der Waals surface area contributed by atoms with Crippen LogP contribution in [0.25, 0.3) is 0 Å². The zero-order chi connectivity index (χ0) is 27.7. The molecule has 0 amide bonds. The fraction of sp³-hybridized carbons (Fsp3) is 0.692. The largest absolute Gasteiger partial charge is 0.467 e. The van der Waals surface area contributed by atoms with Crippen molar-refractivity contribution in [3.63, 3.8) is 0 Å². The molecule has 4 rings (SSSR count). The van der Waals surface area contributed by atoms with Crippen LogP contribution in [0.2, 0.25) is 0 Å². The Labute approximate surface area is 220 Å². The van der Waals surface area contributed by atoms with Crippen LogP contribution >= 0.6 is 0 Å². The molecule has 3 heterocycles. The lowest BCUT2D eigenvalue weighted by molar-refractivity contribution is -0.326. The van der Waals surface area contributed by atoms with Crippen LogP contribution in [-0.4, -0.2) is 100 Å². The molecule has 0 aromatic heterocycles. The number of hydrogen-bond acceptors (Lipinski definition) is 12. The van der Waals surface area contributed by atoms with Crippen LogP contribution in [0.1, 0.15) is 27.2 Å². The van der Waals surface area contributed by atoms with E-state index in [9.17, 15) is 35.1 Å². The van der Waals surface area contributed by atoms with E-state index < -0.39 is 61.6 Å². The number of carbonyl (C=O) groups excluding carboxylic acids is 2. The highest BCUT2D eigenvalue weighted by molar-refractivity contribution is 5.98. The second kappa shape index (κ2) is 11.8. The third kappa shape index (κ3) is 5.39. The van der Waals surface area contributed by atoms with Gasteiger partial charge >= 0.3 is 11.9 Å². The normalized spacial score (nSPS) is 43.0. The van der Waals surface area contributed by atoms with E-state index in [4.69, 9.17) is 23.7 Å². The lowest BCUT2D eigenvalue weighted by Crippen LogP contribution is -2.59. The monoisotopic (exact) mass is 540 g/mol. The Morgan fingerprint density at radius 2 is 1.87 bits per heavy atom. The fourth-order valence-corrected chi connectivity index (χ4v) is 5.65. The van der Waals surface area contributed by atoms with Crippen molar-refractivity contribution in [3.05, 3.63) is 35.1 Å². The molecule has 3 aliphatic heterocycles. The molecule has 4 aliphatic rings. The van der Waals surface area contributed by atoms with Crippen molar-refractivity contribution in [3.8, 4) is 0 Å². The SMILES string of the molecule is C/C=C1\C2=C\C(=O)OC[C@@H]3[C@@H](C)[C@@H](C[C@H]3[C@@H](C)CO)OC(=O)C2=COC1O[C@@H]1O[C@H](CO)[C@@H](O)[C@H](O)[C@H]1O. The van der Waals surface area contributed by atoms with Crippen LogP contribution in [-0.2, 0) is 33.3 Å². The van der Waals surface area contributed by atoms with E-state index in [0.717, 1.165) is 12.3 Å². The number of fused-ring (bicyclic) bond motifs is 3. The van der Waals surface area contributed by atoms with Crippen LogP contribution in [0.4, 0.5) is 0 Å². The highest BCUT2D eigenvalue weighted by Gasteiger charge is 2.48. The number of aliphatic hydroxyl groups is 5. The highest BCUT2D eigenvalue weighted by atomic mass is 16.8. The van der Waals surface area contributed by atoms with E-state index in [1.807, 2.05) is 13.8 Å². The second-order valence-corrected chi connectivity index (χ2v) is 10.3. The van der Waals surface area contributed by atoms with Crippen LogP contribution in [0.3, 0.4) is 0 Å². The summed E-state index contributed by atoms with van der Waals surface area (Å²) < 4.78 is 28.2. The molecule has 0 aromatic rings. The summed E-state index contributed by atoms with van der Waals surface area (Å²) in [6, 6.07) is 0. The van der Waals surface area contributed by atoms with Gasteiger partial charge in [-0.3, -0.25) is 0 Å². The Kier molecular flexibility index (Phi) is 8.92. The minimum absolute atomic E-state index is 0.00229. The zero-order valence-electron chi connectivity index (χ0n) is 21.5. The number of esters is 2. The van der Waals surface area contributed by atoms with Crippen LogP contribution < -0.4 is 0 Å². The summed E-state index contributed by atoms with van der Waals surface area (Å²) in [5, 5.41) is 49.6. The van der Waals surface area contributed by atoms with E-state index in [-0.39, 0.29) is 53.6 Å². The van der Waals surface area contributed by atoms with E-state index in [0.29, 0.717) is 6.42 Å². The Morgan fingerprint density at radius 3 is 2.53 bits per heavy atom. The van der Waals surface area contributed by atoms with Gasteiger partial charge in [0.15, 0.2) is 6.29 Å². The molecule has 212 valence electrons. The summed E-state index contributed by atoms with van der Waals surface area (Å²) in [5.74, 6) is -1.68. The minimum atomic E-state index is -1.68. The van der Waals surface area contributed by atoms with Gasteiger partial charge in [-0.2, -0.15) is 0 Å². The first-order chi connectivity index (χ1) is 18.1. The number of allylic oxidation sites excluding steroid dienone is 1. The molecule has 12 heteroatoms. The van der Waals surface area contributed by atoms with Gasteiger partial charge in [-0.1, -0.05) is 19.9 Å². The van der Waals surface area contributed by atoms with Gasteiger partial charge in [0, 0.05) is 29.7 Å². The number of ether oxygens (including phenoxy) is 5. The van der Waals surface area contributed by atoms with Crippen LogP contribution in [0.15, 0.2) is 35.1 Å². The Morgan fingerprint density at radius 1 is 1.13 bits per heavy atom. The topological polar surface area (TPSA) is 181 Å². The van der Waals surface area contributed by atoms with Gasteiger partial charge in [0.05, 0.1) is 13.2 Å². The van der Waals surface area contributed by atoms with Crippen molar-refractivity contribution >= 4 is 11.9 Å². The quantitative estimate of drug-likeness (QED) is 0.277. The molecule has 2 fully saturated rings. The van der Waals surface area contributed by atoms with Crippen LogP contribution in [0, 0.1) is 23.7 Å². The summed E-state index contributed by atoms with van der Waals surface area (Å²) in [6.45, 7) is 4.88. The molecule has 1 aliphatic carbocycles. The van der Waals surface area contributed by atoms with Gasteiger partial charge < -0.3 is 49.2 Å². The third-order valence-corrected chi connectivity index (χ3v) is 8.08. The van der Waals surface area contributed by atoms with E-state index in [2.05, 4.69) is 0 Å². The van der Waals surface area contributed by atoms with Crippen molar-refractivity contribution in [2.75, 3.05) is 19.8 Å². The molecule has 1 unspecified atom stereocenters. The first-order valence-corrected chi connectivity index (χ1v) is 12.8. The van der Waals surface area contributed by atoms with Crippen molar-refractivity contribution in [1.82, 2.24) is 0 Å². The maximum absolute atomic E-state index is 13.3. The number of hydrogen-bond donors (Lipinski definition) is 5. The van der Waals surface area contributed by atoms with E-state index in [1.54, 1.807) is 13.0 Å². The van der Waals surface area contributed by atoms with Gasteiger partial charge in [-0.05, 0) is 31.1 Å². The lowest BCUT2D eigenvalue weighted by atomic mass is 9.83. The Bertz CT molecular complexity index is 987. The highest BCUT2D eigenvalue weighted by Crippen LogP contribution is 2.44. The van der Waals surface area contributed by atoms with Gasteiger partial charge in [0.1, 0.15) is 42.4 Å². The van der Waals surface area contributed by atoms with Crippen LogP contribution in [0.5, 0.6) is 0 Å². The smallest absolute Gasteiger partial charge is 0.342 e. The number of aliphatic hydroxyl groups excluding tert-OH is 5. The van der Waals surface area contributed by atoms with Gasteiger partial charge in [0.2, 0.25) is 6.29 Å². The predicted molar refractivity (Wildman–Crippen MR) is 127 cm³/mol. The average Bonchev–Trinajstić information content (AvgIpc) is 3.20. The summed E-state index contributed by atoms with van der Waals surface area (Å²) in [4.78, 5) is 26.2. The molecule has 5 N–H and O–H groups in total. The maximum Gasteiger partial charge on any atom is 0.342 e. The summed E-state index contributed by atoms with van der Waals surface area (Å²) >= 11 is 0. The minimum Gasteiger partial charge on any atom is -0.467 e. The molecule has 0 aromatic carbocycles. The van der Waals surface area contributed by atoms with E-state index >= 15 is 0 Å². The molecule has 0 spiro atoms. The van der Waals surface area contributed by atoms with Crippen molar-refractivity contribution in [2.45, 2.75) is 70.3 Å². The summed E-state index contributed by atoms with van der Waals surface area (Å²) in [6.07, 6.45) is -5.06. The summed E-state index contributed by atoms with van der Waals surface area (Å²) in [7, 11) is 0. The molecular weight excluding hydrogens is 504 g/mol. The standard InChI is InChI=1S/C26H36O12/c1-4-13-15-6-20(29)34-9-16-12(3)18(5-14(16)11(2)7-27)36-24(33)17(15)10-35-25(13)38-26-23(32)22(31)21(30)19(8-28)37-26/h4,6,10-12,14,16,18-19,21-23,25-28,30-32H,5,7-9H2,1-3H3/b13-4+,15-6-/t11-,12+,14-,16+,18+,19+,21+,22-,23+,25?,26-/m0/s1. The van der Waals surface area contributed by atoms with Crippen molar-refractivity contribution in [1.29, 1.82) is 0 Å². The lowest BCUT2D eigenvalue weighted by Gasteiger charge is -2.41. The van der Waals surface area contributed by atoms with Crippen molar-refractivity contribution < 1.29 is 58.8 Å². The van der Waals surface area contributed by atoms with E-state index in [1.165, 1.54) is 0 Å².